The van der Waals surface area contributed by atoms with Gasteiger partial charge in [0, 0.05) is 32.2 Å². The number of nitrogens with one attached hydrogen (secondary N) is 1. The molecule has 1 unspecified atom stereocenters. The first-order chi connectivity index (χ1) is 9.20. The summed E-state index contributed by atoms with van der Waals surface area (Å²) in [5.41, 5.74) is 2.95. The highest BCUT2D eigenvalue weighted by Crippen LogP contribution is 2.20. The van der Waals surface area contributed by atoms with Gasteiger partial charge in [0.15, 0.2) is 0 Å². The minimum atomic E-state index is 0.249. The molecule has 0 spiro atoms. The first kappa shape index (κ1) is 14.4. The second kappa shape index (κ2) is 6.98. The van der Waals surface area contributed by atoms with Crippen molar-refractivity contribution in [2.75, 3.05) is 13.2 Å². The van der Waals surface area contributed by atoms with Crippen LogP contribution in [0.3, 0.4) is 0 Å². The number of nitrogens with zero attached hydrogens (tertiary/aromatic N) is 3. The second-order valence-electron chi connectivity index (χ2n) is 5.68. The summed E-state index contributed by atoms with van der Waals surface area (Å²) >= 11 is 0. The van der Waals surface area contributed by atoms with E-state index in [-0.39, 0.29) is 6.04 Å². The molecule has 6 nitrogen and oxygen atoms in total. The number of hydrogen-bond donors (Lipinski definition) is 2. The maximum atomic E-state index is 5.72. The third-order valence-electron chi connectivity index (χ3n) is 3.69. The van der Waals surface area contributed by atoms with Gasteiger partial charge in [-0.3, -0.25) is 11.3 Å². The van der Waals surface area contributed by atoms with Crippen molar-refractivity contribution in [1.29, 1.82) is 0 Å². The summed E-state index contributed by atoms with van der Waals surface area (Å²) in [6, 6.07) is 0.249. The zero-order valence-corrected chi connectivity index (χ0v) is 11.9. The molecule has 19 heavy (non-hydrogen) atoms. The van der Waals surface area contributed by atoms with Gasteiger partial charge < -0.3 is 4.74 Å². The van der Waals surface area contributed by atoms with Crippen LogP contribution in [0.4, 0.5) is 0 Å². The van der Waals surface area contributed by atoms with Crippen LogP contribution in [0.15, 0.2) is 6.33 Å². The van der Waals surface area contributed by atoms with E-state index in [1.54, 1.807) is 6.33 Å². The van der Waals surface area contributed by atoms with Gasteiger partial charge in [-0.05, 0) is 24.7 Å². The monoisotopic (exact) mass is 267 g/mol. The molecule has 1 aliphatic heterocycles. The van der Waals surface area contributed by atoms with Gasteiger partial charge in [0.05, 0.1) is 0 Å². The van der Waals surface area contributed by atoms with Crippen LogP contribution in [0.25, 0.3) is 0 Å². The van der Waals surface area contributed by atoms with Gasteiger partial charge >= 0.3 is 0 Å². The summed E-state index contributed by atoms with van der Waals surface area (Å²) < 4.78 is 7.40. The molecule has 0 radical (unpaired) electrons. The van der Waals surface area contributed by atoms with Crippen molar-refractivity contribution in [3.05, 3.63) is 12.2 Å². The lowest BCUT2D eigenvalue weighted by Gasteiger charge is -2.29. The second-order valence-corrected chi connectivity index (χ2v) is 5.68. The van der Waals surface area contributed by atoms with E-state index in [2.05, 4.69) is 29.4 Å². The van der Waals surface area contributed by atoms with Crippen LogP contribution in [0.5, 0.6) is 0 Å². The fourth-order valence-corrected chi connectivity index (χ4v) is 2.62. The Morgan fingerprint density at radius 1 is 1.47 bits per heavy atom. The molecular formula is C13H25N5O. The molecule has 0 amide bonds. The number of aromatic nitrogens is 3. The van der Waals surface area contributed by atoms with Crippen molar-refractivity contribution in [3.8, 4) is 0 Å². The Bertz CT molecular complexity index is 373. The van der Waals surface area contributed by atoms with E-state index < -0.39 is 0 Å². The SMILES string of the molecule is CC(C)Cn1ncnc1CC(NN)C1CCOCC1. The van der Waals surface area contributed by atoms with Crippen LogP contribution < -0.4 is 11.3 Å². The molecule has 6 heteroatoms. The quantitative estimate of drug-likeness (QED) is 0.587. The average molecular weight is 267 g/mol. The molecule has 2 rings (SSSR count). The molecule has 0 saturated carbocycles. The van der Waals surface area contributed by atoms with Gasteiger partial charge in [0.25, 0.3) is 0 Å². The highest BCUT2D eigenvalue weighted by molar-refractivity contribution is 4.92. The Morgan fingerprint density at radius 2 is 2.21 bits per heavy atom. The van der Waals surface area contributed by atoms with Crippen LogP contribution >= 0.6 is 0 Å². The molecule has 0 aromatic carbocycles. The zero-order chi connectivity index (χ0) is 13.7. The van der Waals surface area contributed by atoms with Gasteiger partial charge in [-0.25, -0.2) is 9.67 Å². The van der Waals surface area contributed by atoms with Gasteiger partial charge in [-0.1, -0.05) is 13.8 Å². The van der Waals surface area contributed by atoms with Gasteiger partial charge in [-0.2, -0.15) is 5.10 Å². The molecule has 1 aromatic rings. The summed E-state index contributed by atoms with van der Waals surface area (Å²) in [5.74, 6) is 7.86. The number of nitrogens with two attached hydrogens (primary N) is 1. The van der Waals surface area contributed by atoms with Crippen LogP contribution in [0, 0.1) is 11.8 Å². The van der Waals surface area contributed by atoms with E-state index in [4.69, 9.17) is 10.6 Å². The van der Waals surface area contributed by atoms with E-state index in [1.807, 2.05) is 4.68 Å². The van der Waals surface area contributed by atoms with Crippen LogP contribution in [-0.2, 0) is 17.7 Å². The predicted octanol–water partition coefficient (Wildman–Crippen LogP) is 0.735. The number of hydrogen-bond acceptors (Lipinski definition) is 5. The van der Waals surface area contributed by atoms with Crippen molar-refractivity contribution in [2.24, 2.45) is 17.7 Å². The summed E-state index contributed by atoms with van der Waals surface area (Å²) in [5, 5.41) is 4.30. The molecule has 1 saturated heterocycles. The molecule has 1 aliphatic rings. The first-order valence-electron chi connectivity index (χ1n) is 7.11. The molecular weight excluding hydrogens is 242 g/mol. The third kappa shape index (κ3) is 3.99. The largest absolute Gasteiger partial charge is 0.381 e. The molecule has 108 valence electrons. The van der Waals surface area contributed by atoms with Crippen LogP contribution in [0.1, 0.15) is 32.5 Å². The first-order valence-corrected chi connectivity index (χ1v) is 7.11. The van der Waals surface area contributed by atoms with E-state index in [0.29, 0.717) is 11.8 Å². The molecule has 3 N–H and O–H groups in total. The van der Waals surface area contributed by atoms with Gasteiger partial charge in [-0.15, -0.1) is 0 Å². The van der Waals surface area contributed by atoms with E-state index in [9.17, 15) is 0 Å². The molecule has 2 heterocycles. The van der Waals surface area contributed by atoms with Crippen LogP contribution in [-0.4, -0.2) is 34.0 Å². The molecule has 0 aliphatic carbocycles. The fraction of sp³-hybridized carbons (Fsp3) is 0.846. The number of hydrazine groups is 1. The predicted molar refractivity (Wildman–Crippen MR) is 73.2 cm³/mol. The lowest BCUT2D eigenvalue weighted by atomic mass is 9.90. The molecule has 1 fully saturated rings. The van der Waals surface area contributed by atoms with Crippen molar-refractivity contribution >= 4 is 0 Å². The standard InChI is InChI=1S/C13H25N5O/c1-10(2)8-18-13(15-9-16-18)7-12(17-14)11-3-5-19-6-4-11/h9-12,17H,3-8,14H2,1-2H3. The van der Waals surface area contributed by atoms with Gasteiger partial charge in [0.1, 0.15) is 12.2 Å². The molecule has 1 aromatic heterocycles. The summed E-state index contributed by atoms with van der Waals surface area (Å²) in [7, 11) is 0. The average Bonchev–Trinajstić information content (AvgIpc) is 2.83. The lowest BCUT2D eigenvalue weighted by Crippen LogP contribution is -2.44. The Kier molecular flexibility index (Phi) is 5.30. The topological polar surface area (TPSA) is 78.0 Å². The zero-order valence-electron chi connectivity index (χ0n) is 11.9. The highest BCUT2D eigenvalue weighted by Gasteiger charge is 2.25. The Morgan fingerprint density at radius 3 is 2.84 bits per heavy atom. The normalized spacial score (nSPS) is 18.9. The van der Waals surface area contributed by atoms with Crippen molar-refractivity contribution < 1.29 is 4.74 Å². The minimum Gasteiger partial charge on any atom is -0.381 e. The Balaban J connectivity index is 1.99. The maximum absolute atomic E-state index is 5.72. The number of rotatable bonds is 6. The third-order valence-corrected chi connectivity index (χ3v) is 3.69. The maximum Gasteiger partial charge on any atom is 0.138 e. The Hall–Kier alpha value is -0.980. The molecule has 1 atom stereocenters. The minimum absolute atomic E-state index is 0.249. The smallest absolute Gasteiger partial charge is 0.138 e. The van der Waals surface area contributed by atoms with Crippen molar-refractivity contribution in [1.82, 2.24) is 20.2 Å². The Labute approximate surface area is 114 Å². The van der Waals surface area contributed by atoms with Crippen molar-refractivity contribution in [3.63, 3.8) is 0 Å². The fourth-order valence-electron chi connectivity index (χ4n) is 2.62. The summed E-state index contributed by atoms with van der Waals surface area (Å²) in [4.78, 5) is 4.38. The molecule has 0 bridgehead atoms. The lowest BCUT2D eigenvalue weighted by molar-refractivity contribution is 0.0533. The number of ether oxygens (including phenoxy) is 1. The highest BCUT2D eigenvalue weighted by atomic mass is 16.5. The van der Waals surface area contributed by atoms with E-state index in [0.717, 1.165) is 44.8 Å². The summed E-state index contributed by atoms with van der Waals surface area (Å²) in [6.45, 7) is 6.94. The van der Waals surface area contributed by atoms with Crippen LogP contribution in [0.2, 0.25) is 0 Å². The summed E-state index contributed by atoms with van der Waals surface area (Å²) in [6.07, 6.45) is 4.59. The van der Waals surface area contributed by atoms with E-state index >= 15 is 0 Å². The van der Waals surface area contributed by atoms with E-state index in [1.165, 1.54) is 0 Å². The van der Waals surface area contributed by atoms with Crippen molar-refractivity contribution in [2.45, 2.75) is 45.7 Å². The van der Waals surface area contributed by atoms with Gasteiger partial charge in [0.2, 0.25) is 0 Å².